The highest BCUT2D eigenvalue weighted by Crippen LogP contribution is 2.65. The summed E-state index contributed by atoms with van der Waals surface area (Å²) >= 11 is 0. The summed E-state index contributed by atoms with van der Waals surface area (Å²) in [5.74, 6) is 49.9. The van der Waals surface area contributed by atoms with E-state index < -0.39 is 0 Å². The van der Waals surface area contributed by atoms with Crippen molar-refractivity contribution < 1.29 is 0 Å². The molecule has 0 aromatic rings. The van der Waals surface area contributed by atoms with Crippen LogP contribution in [0, 0.1) is 324 Å². The Hall–Kier alpha value is -0.780. The Bertz CT molecular complexity index is 2810. The molecular weight excluding hydrogens is 1430 g/mol. The summed E-state index contributed by atoms with van der Waals surface area (Å²) in [6, 6.07) is 0. The second-order valence-electron chi connectivity index (χ2n) is 52.3. The Morgan fingerprint density at radius 1 is 0.193 bits per heavy atom. The van der Waals surface area contributed by atoms with Crippen LogP contribution < -0.4 is 0 Å². The van der Waals surface area contributed by atoms with Gasteiger partial charge in [-0.05, 0) is 401 Å². The first-order valence-electron chi connectivity index (χ1n) is 54.2. The number of fused-ring (bicyclic) bond motifs is 16. The van der Waals surface area contributed by atoms with Crippen LogP contribution in [-0.4, -0.2) is 0 Å². The van der Waals surface area contributed by atoms with E-state index in [9.17, 15) is 0 Å². The van der Waals surface area contributed by atoms with E-state index in [4.69, 9.17) is 0 Å². The van der Waals surface area contributed by atoms with Crippen molar-refractivity contribution >= 4 is 0 Å². The quantitative estimate of drug-likeness (QED) is 0.212. The summed E-state index contributed by atoms with van der Waals surface area (Å²) < 4.78 is 0. The van der Waals surface area contributed by atoms with Gasteiger partial charge in [0.25, 0.3) is 0 Å². The van der Waals surface area contributed by atoms with Gasteiger partial charge in [-0.1, -0.05) is 354 Å². The Balaban J connectivity index is 0.000000163. The number of rotatable bonds is 0. The molecule has 17 saturated carbocycles. The minimum Gasteiger partial charge on any atom is -0.0846 e. The van der Waals surface area contributed by atoms with Crippen LogP contribution in [-0.2, 0) is 0 Å². The van der Waals surface area contributed by atoms with Gasteiger partial charge in [0.2, 0.25) is 0 Å². The fraction of sp³-hybridized carbons (Fsp3) is 0.950. The first kappa shape index (κ1) is 104. The van der Waals surface area contributed by atoms with E-state index in [-0.39, 0.29) is 0 Å². The van der Waals surface area contributed by atoms with Gasteiger partial charge in [0.05, 0.1) is 0 Å². The van der Waals surface area contributed by atoms with E-state index in [1.165, 1.54) is 89.9 Å². The van der Waals surface area contributed by atoms with Gasteiger partial charge in [-0.15, -0.1) is 0 Å². The zero-order valence-electron chi connectivity index (χ0n) is 88.9. The lowest BCUT2D eigenvalue weighted by Crippen LogP contribution is -2.49. The third-order valence-corrected chi connectivity index (χ3v) is 48.5. The second-order valence-corrected chi connectivity index (χ2v) is 52.3. The normalized spacial score (nSPS) is 56.8. The van der Waals surface area contributed by atoms with Crippen molar-refractivity contribution in [1.82, 2.24) is 0 Å². The monoisotopic (exact) mass is 1650 g/mol. The fourth-order valence-electron chi connectivity index (χ4n) is 32.8. The molecule has 0 aromatic heterocycles. The highest BCUT2D eigenvalue weighted by Gasteiger charge is 2.57. The lowest BCUT2D eigenvalue weighted by atomic mass is 9.48. The molecule has 119 heavy (non-hydrogen) atoms. The number of allylic oxidation sites excluding steroid dienone is 6. The Morgan fingerprint density at radius 2 is 0.479 bits per heavy atom. The van der Waals surface area contributed by atoms with Crippen molar-refractivity contribution in [2.45, 2.75) is 395 Å². The predicted molar refractivity (Wildman–Crippen MR) is 530 cm³/mol. The molecule has 43 unspecified atom stereocenters. The lowest BCUT2D eigenvalue weighted by molar-refractivity contribution is -0.0751. The van der Waals surface area contributed by atoms with Crippen molar-refractivity contribution in [2.24, 2.45) is 324 Å². The molecule has 0 heteroatoms. The fourth-order valence-corrected chi connectivity index (χ4v) is 32.8. The molecular formula is C119H218. The third kappa shape index (κ3) is 21.6. The van der Waals surface area contributed by atoms with Crippen LogP contribution in [0.3, 0.4) is 0 Å². The van der Waals surface area contributed by atoms with Gasteiger partial charge >= 0.3 is 0 Å². The minimum absolute atomic E-state index is 0.494. The minimum atomic E-state index is 0.494. The summed E-state index contributed by atoms with van der Waals surface area (Å²) in [7, 11) is 0. The van der Waals surface area contributed by atoms with E-state index in [1.54, 1.807) is 0 Å². The lowest BCUT2D eigenvalue weighted by Gasteiger charge is -2.57. The van der Waals surface area contributed by atoms with Crippen LogP contribution in [0.25, 0.3) is 0 Å². The Morgan fingerprint density at radius 3 is 0.739 bits per heavy atom. The molecule has 0 aromatic carbocycles. The molecule has 0 nitrogen and oxygen atoms in total. The van der Waals surface area contributed by atoms with Crippen LogP contribution in [0.5, 0.6) is 0 Å². The van der Waals surface area contributed by atoms with Crippen LogP contribution in [0.1, 0.15) is 395 Å². The third-order valence-electron chi connectivity index (χ3n) is 48.5. The van der Waals surface area contributed by atoms with Crippen molar-refractivity contribution in [1.29, 1.82) is 0 Å². The van der Waals surface area contributed by atoms with Crippen molar-refractivity contribution in [3.8, 4) is 0 Å². The van der Waals surface area contributed by atoms with Crippen LogP contribution >= 0.6 is 0 Å². The van der Waals surface area contributed by atoms with Gasteiger partial charge in [-0.3, -0.25) is 0 Å². The van der Waals surface area contributed by atoms with Gasteiger partial charge in [0.1, 0.15) is 0 Å². The highest BCUT2D eigenvalue weighted by molar-refractivity contribution is 5.17. The van der Waals surface area contributed by atoms with Gasteiger partial charge in [-0.2, -0.15) is 0 Å². The van der Waals surface area contributed by atoms with E-state index in [0.29, 0.717) is 16.2 Å². The van der Waals surface area contributed by atoms with Crippen LogP contribution in [0.15, 0.2) is 36.5 Å². The van der Waals surface area contributed by atoms with Crippen LogP contribution in [0.2, 0.25) is 0 Å². The second kappa shape index (κ2) is 42.4. The molecule has 0 N–H and O–H groups in total. The first-order valence-corrected chi connectivity index (χ1v) is 54.2. The Labute approximate surface area is 750 Å². The molecule has 0 radical (unpaired) electrons. The maximum atomic E-state index is 2.52. The molecule has 0 amide bonds. The molecule has 43 atom stereocenters. The predicted octanol–water partition coefficient (Wildman–Crippen LogP) is 36.1. The highest BCUT2D eigenvalue weighted by atomic mass is 14.6. The summed E-state index contributed by atoms with van der Waals surface area (Å²) in [6.07, 6.45) is 35.6. The zero-order chi connectivity index (χ0) is 89.7. The molecule has 0 aliphatic heterocycles. The molecule has 0 saturated heterocycles. The number of hydrogen-bond acceptors (Lipinski definition) is 0. The molecule has 694 valence electrons. The van der Waals surface area contributed by atoms with E-state index in [0.717, 1.165) is 308 Å². The maximum Gasteiger partial charge on any atom is -0.00922 e. The van der Waals surface area contributed by atoms with Crippen molar-refractivity contribution in [3.05, 3.63) is 36.5 Å². The first-order chi connectivity index (χ1) is 55.2. The maximum absolute atomic E-state index is 2.52. The zero-order valence-corrected chi connectivity index (χ0v) is 88.9. The van der Waals surface area contributed by atoms with E-state index in [2.05, 4.69) is 341 Å². The molecule has 23 aliphatic carbocycles. The molecule has 17 fully saturated rings. The summed E-state index contributed by atoms with van der Waals surface area (Å²) in [6.45, 7) is 107. The standard InChI is InChI=1S/C12H22.C12H20.C12H22.2C12H20.2C11H20.2C10H20.C9H18.C8H16/c2*1-8-7-11-5-6-12(8,4)10(3)9(11)2;3*1-7-8(2)12-6-5-11(7)9(3)10(12)4;1-7-5-10-6-11(7,4)9(3)8(10)2;1-6-7(2)11-5-10(6)8(3)9(11)4;1-7-5-9(3)10(4)6-8(7)2;1-7-5-6-8(2)10(4)9(7)3;1-6-5-7(2)9(4)8(6)3;1-5-6(2)8(4)7(5)3/h8-11H,5-7H2,1-4H3;5-6,8-11H,7H2,1-4H3;7-12H,5-6H2,1-4H3;2*5-12H,1-4H3;7-10H,5-6H2,1-4H3;6-11H,5H2,1-4H3;2*7-10H,5-6H2,1-4H3;6-9H,5H2,1-4H3;5-8H,1-4H3. The summed E-state index contributed by atoms with van der Waals surface area (Å²) in [5, 5.41) is 0. The van der Waals surface area contributed by atoms with Crippen LogP contribution in [0.4, 0.5) is 0 Å². The van der Waals surface area contributed by atoms with Crippen molar-refractivity contribution in [2.75, 3.05) is 0 Å². The number of hydrogen-bond donors (Lipinski definition) is 0. The summed E-state index contributed by atoms with van der Waals surface area (Å²) in [4.78, 5) is 0. The molecule has 14 bridgehead atoms. The largest absolute Gasteiger partial charge is 0.0846 e. The van der Waals surface area contributed by atoms with E-state index >= 15 is 0 Å². The van der Waals surface area contributed by atoms with Gasteiger partial charge in [0, 0.05) is 0 Å². The van der Waals surface area contributed by atoms with E-state index in [1.807, 2.05) is 0 Å². The molecule has 23 rings (SSSR count). The van der Waals surface area contributed by atoms with Crippen molar-refractivity contribution in [3.63, 3.8) is 0 Å². The van der Waals surface area contributed by atoms with Gasteiger partial charge in [0.15, 0.2) is 0 Å². The molecule has 0 heterocycles. The average Bonchev–Trinajstić information content (AvgIpc) is 1.73. The average molecular weight is 1650 g/mol. The van der Waals surface area contributed by atoms with Gasteiger partial charge in [-0.25, -0.2) is 0 Å². The topological polar surface area (TPSA) is 0 Å². The molecule has 23 aliphatic rings. The Kier molecular flexibility index (Phi) is 36.9. The van der Waals surface area contributed by atoms with Gasteiger partial charge < -0.3 is 0 Å². The SMILES string of the molecule is CC1C(C)C(C)C1C.CC1C(C)C2C=CC1C(C)C2C.CC1C(C)C2C=CC1C(C)C2C.CC1C(C)C2CC1C(C)C2C.CC1C(C)C2CCC1C(C)C2C.CC1C2C=CC(C)(C(C)C2)C1C.CC1C2CC(C)C(C)(C2)C1C.CC1C2CCC(C)(C(C)C2)C1C.CC1CC(C)C(C)C1C.CC1CC(C)C(C)CC1C.CC1CCC(C)C(C)C1C. The smallest absolute Gasteiger partial charge is 0.00922 e. The summed E-state index contributed by atoms with van der Waals surface area (Å²) in [5.41, 5.74) is 1.87. The molecule has 0 spiro atoms.